The van der Waals surface area contributed by atoms with Crippen LogP contribution in [0.4, 0.5) is 0 Å². The van der Waals surface area contributed by atoms with Crippen molar-refractivity contribution in [3.8, 4) is 17.2 Å². The Bertz CT molecular complexity index is 370. The maximum absolute atomic E-state index is 9.98. The molecule has 0 radical (unpaired) electrons. The molecular weight excluding hydrogens is 234 g/mol. The highest BCUT2D eigenvalue weighted by Crippen LogP contribution is 2.38. The first-order chi connectivity index (χ1) is 8.54. The largest absolute Gasteiger partial charge is 0.508 e. The second-order valence-corrected chi connectivity index (χ2v) is 4.15. The quantitative estimate of drug-likeness (QED) is 0.718. The summed E-state index contributed by atoms with van der Waals surface area (Å²) in [5, 5.41) is 19.5. The summed E-state index contributed by atoms with van der Waals surface area (Å²) in [6, 6.07) is 2.29. The molecule has 0 bridgehead atoms. The second kappa shape index (κ2) is 6.47. The number of methoxy groups -OCH3 is 2. The summed E-state index contributed by atoms with van der Waals surface area (Å²) in [6.45, 7) is 1.97. The monoisotopic (exact) mass is 255 g/mol. The van der Waals surface area contributed by atoms with Gasteiger partial charge < -0.3 is 25.4 Å². The van der Waals surface area contributed by atoms with E-state index in [1.165, 1.54) is 26.4 Å². The molecule has 0 unspecified atom stereocenters. The van der Waals surface area contributed by atoms with E-state index in [9.17, 15) is 10.2 Å². The predicted molar refractivity (Wildman–Crippen MR) is 69.1 cm³/mol. The van der Waals surface area contributed by atoms with Crippen LogP contribution in [0.3, 0.4) is 0 Å². The van der Waals surface area contributed by atoms with Crippen molar-refractivity contribution in [1.82, 2.24) is 0 Å². The first kappa shape index (κ1) is 14.6. The van der Waals surface area contributed by atoms with Gasteiger partial charge in [0.25, 0.3) is 0 Å². The lowest BCUT2D eigenvalue weighted by atomic mass is 9.97. The molecule has 1 rings (SSSR count). The predicted octanol–water partition coefficient (Wildman–Crippen LogP) is 1.57. The number of phenols is 1. The van der Waals surface area contributed by atoms with Crippen LogP contribution in [0.15, 0.2) is 12.1 Å². The van der Waals surface area contributed by atoms with E-state index in [1.54, 1.807) is 0 Å². The molecule has 0 spiro atoms. The molecule has 0 aliphatic heterocycles. The minimum atomic E-state index is -0.678. The van der Waals surface area contributed by atoms with Gasteiger partial charge in [0, 0.05) is 12.1 Å². The molecular formula is C13H21NO4. The Morgan fingerprint density at radius 3 is 2.11 bits per heavy atom. The number of rotatable bonds is 6. The van der Waals surface area contributed by atoms with Crippen LogP contribution in [0, 0.1) is 0 Å². The summed E-state index contributed by atoms with van der Waals surface area (Å²) >= 11 is 0. The van der Waals surface area contributed by atoms with Crippen molar-refractivity contribution in [2.75, 3.05) is 14.2 Å². The van der Waals surface area contributed by atoms with Gasteiger partial charge in [0.2, 0.25) is 0 Å². The van der Waals surface area contributed by atoms with E-state index >= 15 is 0 Å². The lowest BCUT2D eigenvalue weighted by Crippen LogP contribution is -2.27. The zero-order valence-electron chi connectivity index (χ0n) is 11.0. The lowest BCUT2D eigenvalue weighted by Gasteiger charge is -2.23. The smallest absolute Gasteiger partial charge is 0.131 e. The van der Waals surface area contributed by atoms with E-state index in [4.69, 9.17) is 15.2 Å². The molecule has 0 aromatic heterocycles. The van der Waals surface area contributed by atoms with Crippen LogP contribution in [0.2, 0.25) is 0 Å². The molecule has 0 saturated carbocycles. The molecule has 18 heavy (non-hydrogen) atoms. The SMILES string of the molecule is CCC[C@H](O)[C@H](N)c1c(OC)cc(O)cc1OC. The fraction of sp³-hybridized carbons (Fsp3) is 0.538. The van der Waals surface area contributed by atoms with E-state index in [2.05, 4.69) is 0 Å². The first-order valence-corrected chi connectivity index (χ1v) is 5.93. The third-order valence-electron chi connectivity index (χ3n) is 2.86. The Morgan fingerprint density at radius 2 is 1.72 bits per heavy atom. The molecule has 0 fully saturated rings. The van der Waals surface area contributed by atoms with Gasteiger partial charge in [-0.3, -0.25) is 0 Å². The normalized spacial score (nSPS) is 14.1. The number of nitrogens with two attached hydrogens (primary N) is 1. The number of benzene rings is 1. The van der Waals surface area contributed by atoms with Crippen molar-refractivity contribution in [2.45, 2.75) is 31.9 Å². The van der Waals surface area contributed by atoms with Gasteiger partial charge in [-0.05, 0) is 6.42 Å². The van der Waals surface area contributed by atoms with Gasteiger partial charge in [-0.15, -0.1) is 0 Å². The zero-order valence-corrected chi connectivity index (χ0v) is 11.0. The summed E-state index contributed by atoms with van der Waals surface area (Å²) in [5.41, 5.74) is 6.60. The van der Waals surface area contributed by atoms with Crippen LogP contribution in [0.1, 0.15) is 31.4 Å². The topological polar surface area (TPSA) is 84.9 Å². The number of aliphatic hydroxyl groups is 1. The number of aromatic hydroxyl groups is 1. The van der Waals surface area contributed by atoms with Gasteiger partial charge >= 0.3 is 0 Å². The Kier molecular flexibility index (Phi) is 5.25. The standard InChI is InChI=1S/C13H21NO4/c1-4-5-9(16)13(14)12-10(17-2)6-8(15)7-11(12)18-3/h6-7,9,13,15-16H,4-5,14H2,1-3H3/t9-,13-/m0/s1. The molecule has 0 aliphatic rings. The number of phenolic OH excluding ortho intramolecular Hbond substituents is 1. The summed E-state index contributed by atoms with van der Waals surface area (Å²) in [4.78, 5) is 0. The minimum Gasteiger partial charge on any atom is -0.508 e. The van der Waals surface area contributed by atoms with Crippen molar-refractivity contribution in [2.24, 2.45) is 5.73 Å². The number of ether oxygens (including phenoxy) is 2. The average molecular weight is 255 g/mol. The maximum atomic E-state index is 9.98. The first-order valence-electron chi connectivity index (χ1n) is 5.93. The number of hydrogen-bond acceptors (Lipinski definition) is 5. The van der Waals surface area contributed by atoms with Gasteiger partial charge in [-0.2, -0.15) is 0 Å². The Labute approximate surface area is 107 Å². The summed E-state index contributed by atoms with van der Waals surface area (Å²) in [6.07, 6.45) is 0.744. The van der Waals surface area contributed by atoms with Crippen molar-refractivity contribution < 1.29 is 19.7 Å². The maximum Gasteiger partial charge on any atom is 0.131 e. The van der Waals surface area contributed by atoms with Crippen molar-refractivity contribution >= 4 is 0 Å². The summed E-state index contributed by atoms with van der Waals surface area (Å²) in [7, 11) is 2.97. The average Bonchev–Trinajstić information content (AvgIpc) is 2.36. The highest BCUT2D eigenvalue weighted by Gasteiger charge is 2.24. The summed E-state index contributed by atoms with van der Waals surface area (Å²) in [5.74, 6) is 0.855. The highest BCUT2D eigenvalue weighted by atomic mass is 16.5. The van der Waals surface area contributed by atoms with E-state index in [0.717, 1.165) is 6.42 Å². The Morgan fingerprint density at radius 1 is 1.22 bits per heavy atom. The van der Waals surface area contributed by atoms with Crippen molar-refractivity contribution in [3.63, 3.8) is 0 Å². The molecule has 1 aromatic rings. The molecule has 5 nitrogen and oxygen atoms in total. The van der Waals surface area contributed by atoms with Crippen LogP contribution in [-0.2, 0) is 0 Å². The Balaban J connectivity index is 3.19. The van der Waals surface area contributed by atoms with E-state index in [0.29, 0.717) is 23.5 Å². The van der Waals surface area contributed by atoms with Gasteiger partial charge in [0.05, 0.1) is 31.9 Å². The highest BCUT2D eigenvalue weighted by molar-refractivity contribution is 5.52. The molecule has 4 N–H and O–H groups in total. The van der Waals surface area contributed by atoms with E-state index < -0.39 is 12.1 Å². The lowest BCUT2D eigenvalue weighted by molar-refractivity contribution is 0.131. The fourth-order valence-corrected chi connectivity index (χ4v) is 1.92. The molecule has 0 amide bonds. The van der Waals surface area contributed by atoms with Crippen molar-refractivity contribution in [3.05, 3.63) is 17.7 Å². The van der Waals surface area contributed by atoms with Crippen LogP contribution >= 0.6 is 0 Å². The van der Waals surface area contributed by atoms with E-state index in [1.807, 2.05) is 6.92 Å². The van der Waals surface area contributed by atoms with Gasteiger partial charge in [0.15, 0.2) is 0 Å². The number of hydrogen-bond donors (Lipinski definition) is 3. The molecule has 5 heteroatoms. The Hall–Kier alpha value is -1.46. The fourth-order valence-electron chi connectivity index (χ4n) is 1.92. The van der Waals surface area contributed by atoms with Gasteiger partial charge in [-0.1, -0.05) is 13.3 Å². The molecule has 1 aromatic carbocycles. The van der Waals surface area contributed by atoms with Crippen molar-refractivity contribution in [1.29, 1.82) is 0 Å². The van der Waals surface area contributed by atoms with E-state index in [-0.39, 0.29) is 5.75 Å². The van der Waals surface area contributed by atoms with Crippen LogP contribution in [-0.4, -0.2) is 30.5 Å². The third kappa shape index (κ3) is 3.05. The minimum absolute atomic E-state index is 0.0321. The summed E-state index contributed by atoms with van der Waals surface area (Å²) < 4.78 is 10.4. The molecule has 0 aliphatic carbocycles. The number of aliphatic hydroxyl groups excluding tert-OH is 1. The molecule has 2 atom stereocenters. The van der Waals surface area contributed by atoms with Gasteiger partial charge in [-0.25, -0.2) is 0 Å². The molecule has 102 valence electrons. The second-order valence-electron chi connectivity index (χ2n) is 4.15. The van der Waals surface area contributed by atoms with Gasteiger partial charge in [0.1, 0.15) is 17.2 Å². The van der Waals surface area contributed by atoms with Crippen LogP contribution in [0.25, 0.3) is 0 Å². The zero-order chi connectivity index (χ0) is 13.7. The molecule has 0 saturated heterocycles. The van der Waals surface area contributed by atoms with Crippen LogP contribution in [0.5, 0.6) is 17.2 Å². The third-order valence-corrected chi connectivity index (χ3v) is 2.86. The molecule has 0 heterocycles. The van der Waals surface area contributed by atoms with Crippen LogP contribution < -0.4 is 15.2 Å².